The molecule has 0 aliphatic carbocycles. The van der Waals surface area contributed by atoms with Gasteiger partial charge in [-0.05, 0) is 70.2 Å². The first-order valence-electron chi connectivity index (χ1n) is 11.9. The van der Waals surface area contributed by atoms with Crippen molar-refractivity contribution < 1.29 is 0 Å². The van der Waals surface area contributed by atoms with Gasteiger partial charge in [-0.2, -0.15) is 14.9 Å². The summed E-state index contributed by atoms with van der Waals surface area (Å²) in [5, 5.41) is 13.8. The second kappa shape index (κ2) is 16.2. The van der Waals surface area contributed by atoms with Gasteiger partial charge in [0.15, 0.2) is 5.65 Å². The average molecular weight is 542 g/mol. The van der Waals surface area contributed by atoms with Crippen LogP contribution >= 0.6 is 33.6 Å². The van der Waals surface area contributed by atoms with Gasteiger partial charge in [0.2, 0.25) is 0 Å². The molecule has 0 saturated heterocycles. The van der Waals surface area contributed by atoms with Gasteiger partial charge in [0.25, 0.3) is 0 Å². The number of hydrogen-bond acceptors (Lipinski definition) is 6. The van der Waals surface area contributed by atoms with Crippen molar-refractivity contribution in [1.82, 2.24) is 14.6 Å². The van der Waals surface area contributed by atoms with Crippen molar-refractivity contribution >= 4 is 45.1 Å². The van der Waals surface area contributed by atoms with Crippen LogP contribution in [0.2, 0.25) is 0 Å². The highest BCUT2D eigenvalue weighted by Gasteiger charge is 2.13. The summed E-state index contributed by atoms with van der Waals surface area (Å²) in [7, 11) is 6.14. The van der Waals surface area contributed by atoms with E-state index in [-0.39, 0.29) is 5.41 Å². The van der Waals surface area contributed by atoms with Crippen LogP contribution in [-0.2, 0) is 5.41 Å². The standard InChI is InChI=1S/C23H21N5S.2C2H6.CH3ClS/c1-23(2,3)18-7-9-19(10-8-18)29-27-21-11-12-25-22-14-20(26-28(21)22)17-6-4-5-16(13-17)15-24;2*1-2;1-3-2/h4-14,27H,1-3H3;2*1-2H3;1H3. The minimum Gasteiger partial charge on any atom is -0.310 e. The Balaban J connectivity index is 0.000000844. The van der Waals surface area contributed by atoms with Gasteiger partial charge < -0.3 is 4.72 Å². The van der Waals surface area contributed by atoms with Crippen molar-refractivity contribution in [2.75, 3.05) is 11.0 Å². The molecule has 1 N–H and O–H groups in total. The molecule has 0 aliphatic rings. The minimum atomic E-state index is 0.141. The van der Waals surface area contributed by atoms with E-state index in [0.29, 0.717) is 5.56 Å². The van der Waals surface area contributed by atoms with Crippen LogP contribution in [0.25, 0.3) is 16.9 Å². The Kier molecular flexibility index (Phi) is 14.1. The fourth-order valence-electron chi connectivity index (χ4n) is 3.00. The molecule has 0 atom stereocenters. The highest BCUT2D eigenvalue weighted by atomic mass is 35.7. The van der Waals surface area contributed by atoms with Crippen molar-refractivity contribution in [3.8, 4) is 17.3 Å². The van der Waals surface area contributed by atoms with Crippen LogP contribution in [0.3, 0.4) is 0 Å². The summed E-state index contributed by atoms with van der Waals surface area (Å²) in [4.78, 5) is 5.53. The molecule has 0 saturated carbocycles. The topological polar surface area (TPSA) is 66.0 Å². The van der Waals surface area contributed by atoms with Crippen molar-refractivity contribution in [2.24, 2.45) is 0 Å². The molecule has 192 valence electrons. The SMILES string of the molecule is CC.CC.CC(C)(C)c1ccc(SNc2ccnc3cc(-c4cccc(C#N)c4)nn23)cc1.CSCl. The lowest BCUT2D eigenvalue weighted by atomic mass is 9.87. The minimum absolute atomic E-state index is 0.141. The summed E-state index contributed by atoms with van der Waals surface area (Å²) in [5.41, 5.74) is 4.48. The zero-order chi connectivity index (χ0) is 27.1. The third kappa shape index (κ3) is 9.09. The highest BCUT2D eigenvalue weighted by Crippen LogP contribution is 2.27. The fourth-order valence-corrected chi connectivity index (χ4v) is 3.65. The molecule has 0 bridgehead atoms. The molecule has 0 radical (unpaired) electrons. The number of anilines is 1. The first kappa shape index (κ1) is 31.4. The van der Waals surface area contributed by atoms with Crippen LogP contribution in [0.15, 0.2) is 71.8 Å². The Labute approximate surface area is 229 Å². The maximum absolute atomic E-state index is 9.13. The van der Waals surface area contributed by atoms with Crippen molar-refractivity contribution in [3.05, 3.63) is 78.0 Å². The molecule has 0 spiro atoms. The van der Waals surface area contributed by atoms with E-state index in [9.17, 15) is 0 Å². The third-order valence-corrected chi connectivity index (χ3v) is 5.46. The summed E-state index contributed by atoms with van der Waals surface area (Å²) < 4.78 is 5.16. The number of rotatable bonds is 4. The normalized spacial score (nSPS) is 10.0. The Morgan fingerprint density at radius 1 is 0.972 bits per heavy atom. The maximum Gasteiger partial charge on any atom is 0.157 e. The lowest BCUT2D eigenvalue weighted by molar-refractivity contribution is 0.590. The van der Waals surface area contributed by atoms with Crippen LogP contribution in [0.1, 0.15) is 59.6 Å². The molecule has 4 aromatic rings. The van der Waals surface area contributed by atoms with E-state index in [1.807, 2.05) is 64.3 Å². The first-order valence-corrected chi connectivity index (χ1v) is 14.8. The quantitative estimate of drug-likeness (QED) is 0.260. The van der Waals surface area contributed by atoms with Gasteiger partial charge in [0.1, 0.15) is 5.82 Å². The van der Waals surface area contributed by atoms with Gasteiger partial charge >= 0.3 is 0 Å². The molecule has 0 fully saturated rings. The van der Waals surface area contributed by atoms with Gasteiger partial charge in [0, 0.05) is 22.7 Å². The smallest absolute Gasteiger partial charge is 0.157 e. The summed E-state index contributed by atoms with van der Waals surface area (Å²) in [6, 6.07) is 22.0. The zero-order valence-electron chi connectivity index (χ0n) is 22.3. The van der Waals surface area contributed by atoms with Crippen LogP contribution < -0.4 is 4.72 Å². The molecular weight excluding hydrogens is 506 g/mol. The molecule has 2 aromatic heterocycles. The first-order chi connectivity index (χ1) is 17.4. The molecule has 2 aromatic carbocycles. The summed E-state index contributed by atoms with van der Waals surface area (Å²) >= 11 is 1.54. The molecule has 0 amide bonds. The van der Waals surface area contributed by atoms with Crippen molar-refractivity contribution in [3.63, 3.8) is 0 Å². The predicted octanol–water partition coefficient (Wildman–Crippen LogP) is 9.24. The number of fused-ring (bicyclic) bond motifs is 1. The maximum atomic E-state index is 9.13. The lowest BCUT2D eigenvalue weighted by Crippen LogP contribution is -2.10. The fraction of sp³-hybridized carbons (Fsp3) is 0.321. The van der Waals surface area contributed by atoms with Gasteiger partial charge in [-0.3, -0.25) is 0 Å². The summed E-state index contributed by atoms with van der Waals surface area (Å²) in [6.45, 7) is 14.6. The Bertz CT molecular complexity index is 1230. The summed E-state index contributed by atoms with van der Waals surface area (Å²) in [6.07, 6.45) is 3.57. The van der Waals surface area contributed by atoms with Crippen molar-refractivity contribution in [2.45, 2.75) is 58.8 Å². The van der Waals surface area contributed by atoms with E-state index in [1.54, 1.807) is 16.8 Å². The zero-order valence-corrected chi connectivity index (χ0v) is 24.7. The molecule has 36 heavy (non-hydrogen) atoms. The number of nitriles is 1. The second-order valence-corrected chi connectivity index (χ2v) is 10.1. The molecule has 5 nitrogen and oxygen atoms in total. The average Bonchev–Trinajstić information content (AvgIpc) is 3.35. The Morgan fingerprint density at radius 2 is 1.61 bits per heavy atom. The number of halogens is 1. The van der Waals surface area contributed by atoms with Crippen LogP contribution in [-0.4, -0.2) is 20.9 Å². The highest BCUT2D eigenvalue weighted by molar-refractivity contribution is 8.20. The molecule has 0 unspecified atom stereocenters. The number of hydrogen-bond donors (Lipinski definition) is 1. The Hall–Kier alpha value is -2.66. The molecule has 4 rings (SSSR count). The third-order valence-electron chi connectivity index (χ3n) is 4.64. The van der Waals surface area contributed by atoms with E-state index < -0.39 is 0 Å². The number of nitrogens with zero attached hydrogens (tertiary/aromatic N) is 4. The number of nitrogens with one attached hydrogen (secondary N) is 1. The van der Waals surface area contributed by atoms with Gasteiger partial charge in [-0.1, -0.05) is 83.7 Å². The largest absolute Gasteiger partial charge is 0.310 e. The second-order valence-electron chi connectivity index (χ2n) is 7.96. The lowest BCUT2D eigenvalue weighted by Gasteiger charge is -2.19. The van der Waals surface area contributed by atoms with E-state index in [4.69, 9.17) is 15.9 Å². The molecular formula is C28H36ClN5S2. The van der Waals surface area contributed by atoms with E-state index in [0.717, 1.165) is 27.6 Å². The number of aromatic nitrogens is 3. The van der Waals surface area contributed by atoms with Gasteiger partial charge in [-0.25, -0.2) is 4.98 Å². The van der Waals surface area contributed by atoms with Crippen LogP contribution in [0.5, 0.6) is 0 Å². The summed E-state index contributed by atoms with van der Waals surface area (Å²) in [5.74, 6) is 0.836. The van der Waals surface area contributed by atoms with Gasteiger partial charge in [0.05, 0.1) is 17.3 Å². The van der Waals surface area contributed by atoms with E-state index in [1.165, 1.54) is 28.5 Å². The van der Waals surface area contributed by atoms with Gasteiger partial charge in [-0.15, -0.1) is 0 Å². The number of benzene rings is 2. The van der Waals surface area contributed by atoms with Crippen molar-refractivity contribution in [1.29, 1.82) is 5.26 Å². The van der Waals surface area contributed by atoms with E-state index >= 15 is 0 Å². The Morgan fingerprint density at radius 3 is 2.19 bits per heavy atom. The van der Waals surface area contributed by atoms with E-state index in [2.05, 4.69) is 65.9 Å². The molecule has 0 aliphatic heterocycles. The molecule has 8 heteroatoms. The molecule has 2 heterocycles. The monoisotopic (exact) mass is 541 g/mol. The van der Waals surface area contributed by atoms with Crippen LogP contribution in [0.4, 0.5) is 5.82 Å². The predicted molar refractivity (Wildman–Crippen MR) is 160 cm³/mol. The van der Waals surface area contributed by atoms with Crippen LogP contribution in [0, 0.1) is 11.3 Å².